The molecule has 2 heterocycles. The summed E-state index contributed by atoms with van der Waals surface area (Å²) in [6.07, 6.45) is -4.60. The van der Waals surface area contributed by atoms with Crippen LogP contribution in [-0.2, 0) is 4.79 Å². The molecule has 0 saturated carbocycles. The minimum Gasteiger partial charge on any atom is -0.378 e. The molecule has 40 heavy (non-hydrogen) atoms. The van der Waals surface area contributed by atoms with Gasteiger partial charge in [0, 0.05) is 13.1 Å². The number of ketones is 1. The van der Waals surface area contributed by atoms with E-state index in [0.29, 0.717) is 18.9 Å². The van der Waals surface area contributed by atoms with Crippen molar-refractivity contribution in [2.24, 2.45) is 0 Å². The molecule has 2 aliphatic rings. The van der Waals surface area contributed by atoms with Crippen LogP contribution in [0.1, 0.15) is 34.3 Å². The number of halogens is 3. The molecule has 4 aromatic rings. The second-order valence-corrected chi connectivity index (χ2v) is 10.3. The van der Waals surface area contributed by atoms with Crippen molar-refractivity contribution < 1.29 is 23.1 Å². The van der Waals surface area contributed by atoms with E-state index >= 15 is 0 Å². The lowest BCUT2D eigenvalue weighted by molar-refractivity contribution is -0.304. The number of β-amino-alcohol motifs (C(OH)–C–C–N with tert-alkyl or cyclic N) is 1. The van der Waals surface area contributed by atoms with Gasteiger partial charge in [0.2, 0.25) is 0 Å². The maximum Gasteiger partial charge on any atom is 0.419 e. The van der Waals surface area contributed by atoms with E-state index in [-0.39, 0.29) is 12.1 Å². The SMILES string of the molecule is O=C1CN(C(c2ccccc2)c2ccccc2)C1.OC1(C(F)(F)F)CN(C(c2ccccc2)c2ccccc2)C1. The number of rotatable bonds is 6. The largest absolute Gasteiger partial charge is 0.419 e. The van der Waals surface area contributed by atoms with Gasteiger partial charge in [0.15, 0.2) is 11.4 Å². The Kier molecular flexibility index (Phi) is 8.17. The normalized spacial score (nSPS) is 17.1. The number of Topliss-reactive ketones (excluding diaryl/α,β-unsaturated/α-hetero) is 1. The van der Waals surface area contributed by atoms with Crippen molar-refractivity contribution in [2.45, 2.75) is 23.9 Å². The van der Waals surface area contributed by atoms with E-state index in [1.807, 2.05) is 97.1 Å². The van der Waals surface area contributed by atoms with Crippen LogP contribution in [0.4, 0.5) is 13.2 Å². The summed E-state index contributed by atoms with van der Waals surface area (Å²) in [6, 6.07) is 39.4. The standard InChI is InChI=1S/C17H16F3NO.C16H15NO/c18-17(19,20)16(22)11-21(12-16)15(13-7-3-1-4-8-13)14-9-5-2-6-10-14;18-15-11-17(12-15)16(13-7-3-1-4-8-13)14-9-5-2-6-10-14/h1-10,15,22H,11-12H2;1-10,16H,11-12H2. The first-order valence-electron chi connectivity index (χ1n) is 13.2. The van der Waals surface area contributed by atoms with Crippen LogP contribution in [0, 0.1) is 0 Å². The lowest BCUT2D eigenvalue weighted by Crippen LogP contribution is -2.69. The number of hydrogen-bond donors (Lipinski definition) is 1. The molecule has 206 valence electrons. The van der Waals surface area contributed by atoms with Crippen LogP contribution in [0.15, 0.2) is 121 Å². The van der Waals surface area contributed by atoms with Gasteiger partial charge in [-0.15, -0.1) is 0 Å². The van der Waals surface area contributed by atoms with Gasteiger partial charge in [-0.1, -0.05) is 121 Å². The number of hydrogen-bond acceptors (Lipinski definition) is 4. The van der Waals surface area contributed by atoms with Crippen molar-refractivity contribution in [3.05, 3.63) is 144 Å². The van der Waals surface area contributed by atoms with Crippen LogP contribution in [0.5, 0.6) is 0 Å². The van der Waals surface area contributed by atoms with E-state index in [1.165, 1.54) is 11.1 Å². The lowest BCUT2D eigenvalue weighted by Gasteiger charge is -2.50. The summed E-state index contributed by atoms with van der Waals surface area (Å²) in [4.78, 5) is 15.1. The van der Waals surface area contributed by atoms with Gasteiger partial charge in [0.1, 0.15) is 0 Å². The molecule has 0 aromatic heterocycles. The summed E-state index contributed by atoms with van der Waals surface area (Å²) in [5.41, 5.74) is 1.72. The molecule has 4 aromatic carbocycles. The zero-order valence-electron chi connectivity index (χ0n) is 21.9. The highest BCUT2D eigenvalue weighted by atomic mass is 19.4. The van der Waals surface area contributed by atoms with Crippen LogP contribution in [-0.4, -0.2) is 58.6 Å². The van der Waals surface area contributed by atoms with Crippen molar-refractivity contribution in [3.8, 4) is 0 Å². The van der Waals surface area contributed by atoms with Crippen LogP contribution >= 0.6 is 0 Å². The molecule has 1 N–H and O–H groups in total. The Balaban J connectivity index is 0.000000164. The zero-order chi connectivity index (χ0) is 28.2. The fraction of sp³-hybridized carbons (Fsp3) is 0.242. The highest BCUT2D eigenvalue weighted by molar-refractivity contribution is 5.88. The number of aliphatic hydroxyl groups is 1. The number of benzene rings is 4. The van der Waals surface area contributed by atoms with Crippen molar-refractivity contribution in [1.29, 1.82) is 0 Å². The molecule has 2 aliphatic heterocycles. The number of carbonyl (C=O) groups is 1. The fourth-order valence-corrected chi connectivity index (χ4v) is 5.35. The van der Waals surface area contributed by atoms with E-state index in [2.05, 4.69) is 29.2 Å². The van der Waals surface area contributed by atoms with Gasteiger partial charge in [-0.05, 0) is 22.3 Å². The van der Waals surface area contributed by atoms with Gasteiger partial charge >= 0.3 is 6.18 Å². The maximum absolute atomic E-state index is 12.8. The first kappa shape index (κ1) is 27.8. The maximum atomic E-state index is 12.8. The van der Waals surface area contributed by atoms with Gasteiger partial charge in [-0.3, -0.25) is 14.6 Å². The Morgan fingerprint density at radius 2 is 0.875 bits per heavy atom. The molecular weight excluding hydrogens is 513 g/mol. The zero-order valence-corrected chi connectivity index (χ0v) is 21.9. The molecule has 0 unspecified atom stereocenters. The molecule has 0 radical (unpaired) electrons. The van der Waals surface area contributed by atoms with E-state index in [1.54, 1.807) is 4.90 Å². The van der Waals surface area contributed by atoms with Crippen LogP contribution in [0.2, 0.25) is 0 Å². The van der Waals surface area contributed by atoms with Crippen molar-refractivity contribution >= 4 is 5.78 Å². The molecular formula is C33H31F3N2O2. The molecule has 4 nitrogen and oxygen atoms in total. The first-order valence-corrected chi connectivity index (χ1v) is 13.2. The molecule has 0 atom stereocenters. The quantitative estimate of drug-likeness (QED) is 0.321. The first-order chi connectivity index (χ1) is 19.2. The second kappa shape index (κ2) is 11.8. The summed E-state index contributed by atoms with van der Waals surface area (Å²) in [6.45, 7) is 0.304. The highest BCUT2D eigenvalue weighted by Crippen LogP contribution is 2.43. The van der Waals surface area contributed by atoms with E-state index in [4.69, 9.17) is 0 Å². The third kappa shape index (κ3) is 6.02. The Morgan fingerprint density at radius 1 is 0.575 bits per heavy atom. The van der Waals surface area contributed by atoms with Crippen LogP contribution in [0.3, 0.4) is 0 Å². The Labute approximate surface area is 232 Å². The number of likely N-dealkylation sites (tertiary alicyclic amines) is 2. The van der Waals surface area contributed by atoms with Crippen molar-refractivity contribution in [2.75, 3.05) is 26.2 Å². The molecule has 6 rings (SSSR count). The van der Waals surface area contributed by atoms with Crippen molar-refractivity contribution in [1.82, 2.24) is 9.80 Å². The van der Waals surface area contributed by atoms with E-state index in [0.717, 1.165) is 11.1 Å². The van der Waals surface area contributed by atoms with Gasteiger partial charge in [0.05, 0.1) is 25.2 Å². The minimum atomic E-state index is -4.60. The molecule has 0 aliphatic carbocycles. The summed E-state index contributed by atoms with van der Waals surface area (Å²) < 4.78 is 38.5. The average molecular weight is 545 g/mol. The summed E-state index contributed by atoms with van der Waals surface area (Å²) in [5, 5.41) is 9.69. The monoisotopic (exact) mass is 544 g/mol. The summed E-state index contributed by atoms with van der Waals surface area (Å²) in [7, 11) is 0. The van der Waals surface area contributed by atoms with Gasteiger partial charge in [-0.2, -0.15) is 13.2 Å². The molecule has 7 heteroatoms. The Bertz CT molecular complexity index is 1290. The predicted molar refractivity (Wildman–Crippen MR) is 149 cm³/mol. The topological polar surface area (TPSA) is 43.8 Å². The third-order valence-corrected chi connectivity index (χ3v) is 7.41. The second-order valence-electron chi connectivity index (χ2n) is 10.3. The van der Waals surface area contributed by atoms with Crippen LogP contribution < -0.4 is 0 Å². The van der Waals surface area contributed by atoms with Crippen LogP contribution in [0.25, 0.3) is 0 Å². The number of alkyl halides is 3. The van der Waals surface area contributed by atoms with E-state index < -0.39 is 24.9 Å². The molecule has 2 fully saturated rings. The van der Waals surface area contributed by atoms with Gasteiger partial charge < -0.3 is 5.11 Å². The fourth-order valence-electron chi connectivity index (χ4n) is 5.35. The predicted octanol–water partition coefficient (Wildman–Crippen LogP) is 6.05. The molecule has 2 saturated heterocycles. The average Bonchev–Trinajstić information content (AvgIpc) is 2.94. The number of nitrogens with zero attached hydrogens (tertiary/aromatic N) is 2. The number of carbonyl (C=O) groups excluding carboxylic acids is 1. The molecule has 0 bridgehead atoms. The highest BCUT2D eigenvalue weighted by Gasteiger charge is 2.62. The smallest absolute Gasteiger partial charge is 0.378 e. The van der Waals surface area contributed by atoms with Gasteiger partial charge in [-0.25, -0.2) is 0 Å². The Hall–Kier alpha value is -3.78. The lowest BCUT2D eigenvalue weighted by atomic mass is 9.87. The van der Waals surface area contributed by atoms with Crippen molar-refractivity contribution in [3.63, 3.8) is 0 Å². The summed E-state index contributed by atoms with van der Waals surface area (Å²) >= 11 is 0. The molecule has 0 amide bonds. The minimum absolute atomic E-state index is 0.199. The summed E-state index contributed by atoms with van der Waals surface area (Å²) in [5.74, 6) is 0.326. The van der Waals surface area contributed by atoms with E-state index in [9.17, 15) is 23.1 Å². The molecule has 0 spiro atoms. The van der Waals surface area contributed by atoms with Gasteiger partial charge in [0.25, 0.3) is 0 Å². The Morgan fingerprint density at radius 3 is 1.15 bits per heavy atom. The third-order valence-electron chi connectivity index (χ3n) is 7.41.